The van der Waals surface area contributed by atoms with E-state index in [9.17, 15) is 0 Å². The Balaban J connectivity index is 2.14. The lowest BCUT2D eigenvalue weighted by Crippen LogP contribution is -2.23. The second-order valence-electron chi connectivity index (χ2n) is 4.14. The van der Waals surface area contributed by atoms with Crippen LogP contribution in [0.3, 0.4) is 0 Å². The van der Waals surface area contributed by atoms with Gasteiger partial charge in [-0.15, -0.1) is 0 Å². The van der Waals surface area contributed by atoms with Crippen LogP contribution < -0.4 is 0 Å². The lowest BCUT2D eigenvalue weighted by atomic mass is 9.83. The number of hydrogen-bond donors (Lipinski definition) is 0. The van der Waals surface area contributed by atoms with Gasteiger partial charge in [-0.2, -0.15) is 5.10 Å². The first-order valence-corrected chi connectivity index (χ1v) is 6.31. The molecule has 1 saturated carbocycles. The van der Waals surface area contributed by atoms with Gasteiger partial charge in [-0.1, -0.05) is 26.2 Å². The van der Waals surface area contributed by atoms with Gasteiger partial charge in [0.1, 0.15) is 4.60 Å². The molecule has 0 aromatic carbocycles. The summed E-state index contributed by atoms with van der Waals surface area (Å²) in [7, 11) is 0. The molecule has 78 valence electrons. The molecule has 2 rings (SSSR count). The Morgan fingerprint density at radius 1 is 1.50 bits per heavy atom. The minimum absolute atomic E-state index is 0.639. The average molecular weight is 257 g/mol. The molecule has 0 aliphatic heterocycles. The third-order valence-corrected chi connectivity index (χ3v) is 3.73. The highest BCUT2D eigenvalue weighted by molar-refractivity contribution is 9.10. The van der Waals surface area contributed by atoms with Crippen molar-refractivity contribution in [2.24, 2.45) is 5.92 Å². The molecule has 1 aromatic rings. The molecule has 3 heteroatoms. The summed E-state index contributed by atoms with van der Waals surface area (Å²) < 4.78 is 3.11. The van der Waals surface area contributed by atoms with Crippen LogP contribution in [0, 0.1) is 5.92 Å². The fourth-order valence-corrected chi connectivity index (χ4v) is 2.81. The molecular formula is C11H17BrN2. The summed E-state index contributed by atoms with van der Waals surface area (Å²) in [4.78, 5) is 0. The van der Waals surface area contributed by atoms with Crippen molar-refractivity contribution < 1.29 is 0 Å². The zero-order chi connectivity index (χ0) is 9.97. The topological polar surface area (TPSA) is 17.8 Å². The molecule has 2 unspecified atom stereocenters. The maximum atomic E-state index is 4.47. The zero-order valence-corrected chi connectivity index (χ0v) is 10.2. The molecule has 1 fully saturated rings. The van der Waals surface area contributed by atoms with Crippen LogP contribution in [0.2, 0.25) is 0 Å². The largest absolute Gasteiger partial charge is 0.268 e. The molecule has 14 heavy (non-hydrogen) atoms. The van der Waals surface area contributed by atoms with E-state index in [2.05, 4.69) is 38.8 Å². The molecular weight excluding hydrogens is 240 g/mol. The monoisotopic (exact) mass is 256 g/mol. The number of nitrogens with zero attached hydrogens (tertiary/aromatic N) is 2. The molecule has 0 amide bonds. The second kappa shape index (κ2) is 4.47. The average Bonchev–Trinajstić information content (AvgIpc) is 2.65. The minimum atomic E-state index is 0.639. The van der Waals surface area contributed by atoms with Crippen molar-refractivity contribution in [3.8, 4) is 0 Å². The van der Waals surface area contributed by atoms with Gasteiger partial charge in [0.15, 0.2) is 0 Å². The first kappa shape index (κ1) is 10.2. The molecule has 1 heterocycles. The Bertz CT molecular complexity index is 295. The number of rotatable bonds is 2. The Morgan fingerprint density at radius 3 is 2.93 bits per heavy atom. The van der Waals surface area contributed by atoms with Crippen molar-refractivity contribution in [2.75, 3.05) is 0 Å². The van der Waals surface area contributed by atoms with Crippen molar-refractivity contribution in [1.29, 1.82) is 0 Å². The Kier molecular flexibility index (Phi) is 3.26. The SMILES string of the molecule is CCC1CCCCC1n1ccc(Br)n1. The van der Waals surface area contributed by atoms with Gasteiger partial charge in [-0.05, 0) is 40.8 Å². The third kappa shape index (κ3) is 2.02. The molecule has 2 atom stereocenters. The van der Waals surface area contributed by atoms with Crippen molar-refractivity contribution in [3.63, 3.8) is 0 Å². The van der Waals surface area contributed by atoms with Crippen LogP contribution >= 0.6 is 15.9 Å². The molecule has 0 radical (unpaired) electrons. The molecule has 0 spiro atoms. The summed E-state index contributed by atoms with van der Waals surface area (Å²) in [5.41, 5.74) is 0. The first-order valence-electron chi connectivity index (χ1n) is 5.52. The first-order chi connectivity index (χ1) is 6.81. The van der Waals surface area contributed by atoms with Crippen molar-refractivity contribution in [3.05, 3.63) is 16.9 Å². The number of aromatic nitrogens is 2. The summed E-state index contributed by atoms with van der Waals surface area (Å²) in [6.45, 7) is 2.29. The summed E-state index contributed by atoms with van der Waals surface area (Å²) in [5, 5.41) is 4.47. The van der Waals surface area contributed by atoms with Gasteiger partial charge in [0.05, 0.1) is 6.04 Å². The van der Waals surface area contributed by atoms with Gasteiger partial charge in [0, 0.05) is 6.20 Å². The highest BCUT2D eigenvalue weighted by atomic mass is 79.9. The summed E-state index contributed by atoms with van der Waals surface area (Å²) in [6, 6.07) is 2.67. The van der Waals surface area contributed by atoms with Crippen molar-refractivity contribution in [2.45, 2.75) is 45.1 Å². The summed E-state index contributed by atoms with van der Waals surface area (Å²) >= 11 is 3.41. The van der Waals surface area contributed by atoms with Gasteiger partial charge in [0.2, 0.25) is 0 Å². The Morgan fingerprint density at radius 2 is 2.29 bits per heavy atom. The van der Waals surface area contributed by atoms with Crippen LogP contribution in [0.1, 0.15) is 45.1 Å². The van der Waals surface area contributed by atoms with Gasteiger partial charge in [-0.3, -0.25) is 4.68 Å². The maximum Gasteiger partial charge on any atom is 0.128 e. The standard InChI is InChI=1S/C11H17BrN2/c1-2-9-5-3-4-6-10(9)14-8-7-11(12)13-14/h7-10H,2-6H2,1H3. The van der Waals surface area contributed by atoms with E-state index in [1.165, 1.54) is 32.1 Å². The number of hydrogen-bond acceptors (Lipinski definition) is 1. The molecule has 1 aromatic heterocycles. The lowest BCUT2D eigenvalue weighted by molar-refractivity contribution is 0.217. The highest BCUT2D eigenvalue weighted by Gasteiger charge is 2.25. The Hall–Kier alpha value is -0.310. The molecule has 2 nitrogen and oxygen atoms in total. The van der Waals surface area contributed by atoms with Gasteiger partial charge in [0.25, 0.3) is 0 Å². The predicted octanol–water partition coefficient (Wildman–Crippen LogP) is 3.79. The van der Waals surface area contributed by atoms with Crippen LogP contribution in [0.4, 0.5) is 0 Å². The van der Waals surface area contributed by atoms with E-state index >= 15 is 0 Å². The quantitative estimate of drug-likeness (QED) is 0.788. The van der Waals surface area contributed by atoms with Gasteiger partial charge >= 0.3 is 0 Å². The van der Waals surface area contributed by atoms with Gasteiger partial charge in [-0.25, -0.2) is 0 Å². The lowest BCUT2D eigenvalue weighted by Gasteiger charge is -2.30. The van der Waals surface area contributed by atoms with Crippen LogP contribution in [0.25, 0.3) is 0 Å². The maximum absolute atomic E-state index is 4.47. The van der Waals surface area contributed by atoms with E-state index in [4.69, 9.17) is 0 Å². The molecule has 1 aliphatic carbocycles. The smallest absolute Gasteiger partial charge is 0.128 e. The highest BCUT2D eigenvalue weighted by Crippen LogP contribution is 2.35. The number of halogens is 1. The third-order valence-electron chi connectivity index (χ3n) is 3.31. The van der Waals surface area contributed by atoms with E-state index < -0.39 is 0 Å². The molecule has 1 aliphatic rings. The second-order valence-corrected chi connectivity index (χ2v) is 4.95. The van der Waals surface area contributed by atoms with Gasteiger partial charge < -0.3 is 0 Å². The molecule has 0 bridgehead atoms. The summed E-state index contributed by atoms with van der Waals surface area (Å²) in [5.74, 6) is 0.829. The van der Waals surface area contributed by atoms with E-state index in [0.717, 1.165) is 10.5 Å². The van der Waals surface area contributed by atoms with E-state index in [1.807, 2.05) is 6.07 Å². The Labute approximate surface area is 93.8 Å². The van der Waals surface area contributed by atoms with Crippen LogP contribution in [-0.4, -0.2) is 9.78 Å². The minimum Gasteiger partial charge on any atom is -0.268 e. The fourth-order valence-electron chi connectivity index (χ4n) is 2.51. The normalized spacial score (nSPS) is 27.9. The fraction of sp³-hybridized carbons (Fsp3) is 0.727. The van der Waals surface area contributed by atoms with Crippen molar-refractivity contribution >= 4 is 15.9 Å². The van der Waals surface area contributed by atoms with E-state index in [1.54, 1.807) is 0 Å². The molecule has 0 N–H and O–H groups in total. The van der Waals surface area contributed by atoms with Crippen LogP contribution in [-0.2, 0) is 0 Å². The van der Waals surface area contributed by atoms with Crippen LogP contribution in [0.15, 0.2) is 16.9 Å². The predicted molar refractivity (Wildman–Crippen MR) is 61.2 cm³/mol. The van der Waals surface area contributed by atoms with E-state index in [0.29, 0.717) is 6.04 Å². The summed E-state index contributed by atoms with van der Waals surface area (Å²) in [6.07, 6.45) is 8.81. The zero-order valence-electron chi connectivity index (χ0n) is 8.62. The van der Waals surface area contributed by atoms with E-state index in [-0.39, 0.29) is 0 Å². The van der Waals surface area contributed by atoms with Crippen molar-refractivity contribution in [1.82, 2.24) is 9.78 Å². The molecule has 0 saturated heterocycles. The van der Waals surface area contributed by atoms with Crippen LogP contribution in [0.5, 0.6) is 0 Å².